The quantitative estimate of drug-likeness (QED) is 0.174. The van der Waals surface area contributed by atoms with Gasteiger partial charge in [0.15, 0.2) is 11.6 Å². The maximum atomic E-state index is 5.52. The van der Waals surface area contributed by atoms with E-state index in [1.807, 2.05) is 17.4 Å². The second-order valence-electron chi connectivity index (χ2n) is 15.6. The molecular weight excluding hydrogens is 763 g/mol. The Kier molecular flexibility index (Phi) is 7.41. The molecule has 0 fully saturated rings. The van der Waals surface area contributed by atoms with Gasteiger partial charge in [0.2, 0.25) is 5.95 Å². The monoisotopic (exact) mass is 795 g/mol. The van der Waals surface area contributed by atoms with Crippen molar-refractivity contribution in [3.8, 4) is 45.5 Å². The van der Waals surface area contributed by atoms with E-state index >= 15 is 0 Å². The molecule has 5 nitrogen and oxygen atoms in total. The standard InChI is InChI=1S/C55H33N5S/c1-2-14-34(15-3-1)35-26-28-36(29-27-35)53-56-54(58-55(57-53)60-47-23-11-6-18-39(47)40-19-7-12-24-48(40)60)45-32-44-42-21-9-13-25-51(42)61-52(44)33-50(45)59-46-22-10-8-20-41(46)43-30-37-16-4-5-17-38(37)31-49(43)59/h1-33H. The summed E-state index contributed by atoms with van der Waals surface area (Å²) < 4.78 is 7.08. The molecule has 0 aliphatic heterocycles. The van der Waals surface area contributed by atoms with Crippen molar-refractivity contribution in [1.82, 2.24) is 24.1 Å². The highest BCUT2D eigenvalue weighted by atomic mass is 32.1. The number of rotatable bonds is 5. The third-order valence-corrected chi connectivity index (χ3v) is 13.3. The van der Waals surface area contributed by atoms with Gasteiger partial charge in [-0.2, -0.15) is 9.97 Å². The normalized spacial score (nSPS) is 11.9. The van der Waals surface area contributed by atoms with Crippen LogP contribution in [0.4, 0.5) is 0 Å². The zero-order valence-electron chi connectivity index (χ0n) is 32.7. The van der Waals surface area contributed by atoms with Gasteiger partial charge in [-0.15, -0.1) is 11.3 Å². The van der Waals surface area contributed by atoms with Crippen LogP contribution in [-0.2, 0) is 0 Å². The number of thiophene rings is 1. The van der Waals surface area contributed by atoms with Gasteiger partial charge in [-0.1, -0.05) is 152 Å². The van der Waals surface area contributed by atoms with Crippen LogP contribution in [0.3, 0.4) is 0 Å². The van der Waals surface area contributed by atoms with E-state index in [2.05, 4.69) is 203 Å². The molecular formula is C55H33N5S. The molecule has 13 rings (SSSR count). The zero-order valence-corrected chi connectivity index (χ0v) is 33.5. The Hall–Kier alpha value is -7.93. The number of benzene rings is 9. The molecule has 4 aromatic heterocycles. The summed E-state index contributed by atoms with van der Waals surface area (Å²) in [5, 5.41) is 9.52. The van der Waals surface area contributed by atoms with Crippen molar-refractivity contribution in [3.63, 3.8) is 0 Å². The number of hydrogen-bond acceptors (Lipinski definition) is 4. The van der Waals surface area contributed by atoms with Crippen molar-refractivity contribution in [3.05, 3.63) is 200 Å². The molecule has 0 saturated heterocycles. The molecule has 0 atom stereocenters. The molecule has 6 heteroatoms. The van der Waals surface area contributed by atoms with E-state index in [0.29, 0.717) is 17.6 Å². The summed E-state index contributed by atoms with van der Waals surface area (Å²) in [6.45, 7) is 0. The predicted octanol–water partition coefficient (Wildman–Crippen LogP) is 14.6. The minimum atomic E-state index is 0.568. The molecule has 61 heavy (non-hydrogen) atoms. The molecule has 4 heterocycles. The van der Waals surface area contributed by atoms with Crippen LogP contribution in [0.25, 0.3) is 120 Å². The molecule has 0 aliphatic carbocycles. The van der Waals surface area contributed by atoms with Crippen LogP contribution in [0.5, 0.6) is 0 Å². The van der Waals surface area contributed by atoms with Gasteiger partial charge in [-0.3, -0.25) is 4.57 Å². The van der Waals surface area contributed by atoms with E-state index < -0.39 is 0 Å². The van der Waals surface area contributed by atoms with E-state index in [1.54, 1.807) is 0 Å². The first-order valence-corrected chi connectivity index (χ1v) is 21.3. The van der Waals surface area contributed by atoms with Crippen molar-refractivity contribution in [2.45, 2.75) is 0 Å². The topological polar surface area (TPSA) is 48.5 Å². The summed E-state index contributed by atoms with van der Waals surface area (Å²) in [7, 11) is 0. The SMILES string of the molecule is c1ccc(-c2ccc(-c3nc(-c4cc5c(cc4-n4c6ccccc6c6cc7ccccc7cc64)sc4ccccc45)nc(-n4c5ccccc5c5ccccc54)n3)cc2)cc1. The number of hydrogen-bond donors (Lipinski definition) is 0. The lowest BCUT2D eigenvalue weighted by Gasteiger charge is -2.16. The van der Waals surface area contributed by atoms with Crippen molar-refractivity contribution in [2.24, 2.45) is 0 Å². The van der Waals surface area contributed by atoms with Gasteiger partial charge >= 0.3 is 0 Å². The first kappa shape index (κ1) is 34.0. The minimum Gasteiger partial charge on any atom is -0.308 e. The van der Waals surface area contributed by atoms with Gasteiger partial charge < -0.3 is 4.57 Å². The minimum absolute atomic E-state index is 0.568. The number of nitrogens with zero attached hydrogens (tertiary/aromatic N) is 5. The number of aromatic nitrogens is 5. The molecule has 13 aromatic rings. The Morgan fingerprint density at radius 2 is 0.869 bits per heavy atom. The lowest BCUT2D eigenvalue weighted by molar-refractivity contribution is 0.952. The van der Waals surface area contributed by atoms with Crippen molar-refractivity contribution in [1.29, 1.82) is 0 Å². The summed E-state index contributed by atoms with van der Waals surface area (Å²) in [5.41, 5.74) is 9.51. The molecule has 9 aromatic carbocycles. The van der Waals surface area contributed by atoms with Gasteiger partial charge in [0.1, 0.15) is 0 Å². The molecule has 0 radical (unpaired) electrons. The van der Waals surface area contributed by atoms with Crippen LogP contribution in [0.2, 0.25) is 0 Å². The molecule has 0 aliphatic rings. The van der Waals surface area contributed by atoms with Crippen LogP contribution in [0, 0.1) is 0 Å². The third kappa shape index (κ3) is 5.29. The first-order valence-electron chi connectivity index (χ1n) is 20.5. The molecule has 0 bridgehead atoms. The number of fused-ring (bicyclic) bond motifs is 10. The summed E-state index contributed by atoms with van der Waals surface area (Å²) in [4.78, 5) is 16.3. The Morgan fingerprint density at radius 1 is 0.328 bits per heavy atom. The summed E-state index contributed by atoms with van der Waals surface area (Å²) >= 11 is 1.82. The fourth-order valence-corrected chi connectivity index (χ4v) is 10.5. The van der Waals surface area contributed by atoms with E-state index in [-0.39, 0.29) is 0 Å². The second-order valence-corrected chi connectivity index (χ2v) is 16.7. The second kappa shape index (κ2) is 13.3. The van der Waals surface area contributed by atoms with Gasteiger partial charge in [0.05, 0.1) is 27.8 Å². The molecule has 0 unspecified atom stereocenters. The number of para-hydroxylation sites is 3. The van der Waals surface area contributed by atoms with Crippen molar-refractivity contribution in [2.75, 3.05) is 0 Å². The molecule has 0 saturated carbocycles. The maximum absolute atomic E-state index is 5.52. The van der Waals surface area contributed by atoms with E-state index in [0.717, 1.165) is 60.8 Å². The average molecular weight is 796 g/mol. The predicted molar refractivity (Wildman–Crippen MR) is 255 cm³/mol. The third-order valence-electron chi connectivity index (χ3n) is 12.2. The Balaban J connectivity index is 1.14. The van der Waals surface area contributed by atoms with Crippen LogP contribution < -0.4 is 0 Å². The summed E-state index contributed by atoms with van der Waals surface area (Å²) in [6, 6.07) is 71.5. The Labute approximate surface area is 354 Å². The van der Waals surface area contributed by atoms with Gasteiger partial charge in [0.25, 0.3) is 0 Å². The van der Waals surface area contributed by atoms with Crippen LogP contribution >= 0.6 is 11.3 Å². The van der Waals surface area contributed by atoms with E-state index in [1.165, 1.54) is 41.7 Å². The van der Waals surface area contributed by atoms with Gasteiger partial charge in [0, 0.05) is 52.8 Å². The largest absolute Gasteiger partial charge is 0.308 e. The Bertz CT molecular complexity index is 3820. The Morgan fingerprint density at radius 3 is 1.59 bits per heavy atom. The van der Waals surface area contributed by atoms with Crippen LogP contribution in [0.1, 0.15) is 0 Å². The fraction of sp³-hybridized carbons (Fsp3) is 0. The van der Waals surface area contributed by atoms with Gasteiger partial charge in [-0.25, -0.2) is 4.98 Å². The molecule has 284 valence electrons. The lowest BCUT2D eigenvalue weighted by Crippen LogP contribution is -2.08. The summed E-state index contributed by atoms with van der Waals surface area (Å²) in [5.74, 6) is 1.78. The average Bonchev–Trinajstić information content (AvgIpc) is 3.97. The van der Waals surface area contributed by atoms with Crippen LogP contribution in [-0.4, -0.2) is 24.1 Å². The highest BCUT2D eigenvalue weighted by Crippen LogP contribution is 2.43. The molecule has 0 N–H and O–H groups in total. The fourth-order valence-electron chi connectivity index (χ4n) is 9.33. The molecule has 0 spiro atoms. The van der Waals surface area contributed by atoms with E-state index in [4.69, 9.17) is 15.0 Å². The van der Waals surface area contributed by atoms with E-state index in [9.17, 15) is 0 Å². The lowest BCUT2D eigenvalue weighted by atomic mass is 10.0. The van der Waals surface area contributed by atoms with Crippen molar-refractivity contribution >= 4 is 85.9 Å². The van der Waals surface area contributed by atoms with Gasteiger partial charge in [-0.05, 0) is 70.4 Å². The first-order chi connectivity index (χ1) is 30.2. The summed E-state index contributed by atoms with van der Waals surface area (Å²) in [6.07, 6.45) is 0. The van der Waals surface area contributed by atoms with Crippen LogP contribution in [0.15, 0.2) is 200 Å². The maximum Gasteiger partial charge on any atom is 0.238 e. The highest BCUT2D eigenvalue weighted by molar-refractivity contribution is 7.25. The highest BCUT2D eigenvalue weighted by Gasteiger charge is 2.23. The van der Waals surface area contributed by atoms with Crippen molar-refractivity contribution < 1.29 is 0 Å². The smallest absolute Gasteiger partial charge is 0.238 e. The molecule has 0 amide bonds. The zero-order chi connectivity index (χ0) is 40.0.